The first kappa shape index (κ1) is 39.1. The van der Waals surface area contributed by atoms with Crippen molar-refractivity contribution in [3.8, 4) is 0 Å². The SMILES string of the molecule is CC(C)(C)OC(=O)CC(N)C(=O)NC(CC(=O)OC(C)(C)C)C(=O)NC(CC(=O)OC(C)(C)C)C(=O)NCCCN=[N+]=[N-]. The van der Waals surface area contributed by atoms with E-state index in [4.69, 9.17) is 25.5 Å². The van der Waals surface area contributed by atoms with Gasteiger partial charge in [0.2, 0.25) is 17.7 Å². The van der Waals surface area contributed by atoms with Crippen LogP contribution in [0.4, 0.5) is 0 Å². The number of nitrogens with zero attached hydrogens (tertiary/aromatic N) is 3. The van der Waals surface area contributed by atoms with Gasteiger partial charge in [-0.25, -0.2) is 0 Å². The molecule has 0 bridgehead atoms. The van der Waals surface area contributed by atoms with Crippen LogP contribution in [0.2, 0.25) is 0 Å². The highest BCUT2D eigenvalue weighted by molar-refractivity contribution is 5.96. The van der Waals surface area contributed by atoms with E-state index in [1.807, 2.05) is 0 Å². The van der Waals surface area contributed by atoms with Crippen molar-refractivity contribution in [2.45, 2.75) is 123 Å². The lowest BCUT2D eigenvalue weighted by Gasteiger charge is -2.26. The summed E-state index contributed by atoms with van der Waals surface area (Å²) in [6.45, 7) is 14.8. The number of nitrogens with two attached hydrogens (primary N) is 1. The van der Waals surface area contributed by atoms with Crippen molar-refractivity contribution < 1.29 is 43.0 Å². The number of esters is 3. The third-order valence-electron chi connectivity index (χ3n) is 4.79. The molecule has 0 saturated heterocycles. The van der Waals surface area contributed by atoms with Crippen LogP contribution in [0.1, 0.15) is 88.0 Å². The van der Waals surface area contributed by atoms with Gasteiger partial charge in [0, 0.05) is 18.0 Å². The number of azide groups is 1. The van der Waals surface area contributed by atoms with Crippen LogP contribution in [0.3, 0.4) is 0 Å². The number of nitrogens with one attached hydrogen (secondary N) is 3. The maximum absolute atomic E-state index is 13.4. The first-order chi connectivity index (χ1) is 19.5. The Hall–Kier alpha value is -3.91. The van der Waals surface area contributed by atoms with Gasteiger partial charge in [0.15, 0.2) is 0 Å². The van der Waals surface area contributed by atoms with Crippen LogP contribution in [-0.2, 0) is 43.0 Å². The lowest BCUT2D eigenvalue weighted by Crippen LogP contribution is -2.57. The minimum absolute atomic E-state index is 0.0656. The molecule has 43 heavy (non-hydrogen) atoms. The second kappa shape index (κ2) is 17.3. The molecular weight excluding hydrogens is 566 g/mol. The molecule has 0 aliphatic rings. The van der Waals surface area contributed by atoms with Crippen LogP contribution in [0.15, 0.2) is 5.11 Å². The lowest BCUT2D eigenvalue weighted by molar-refractivity contribution is -0.158. The molecule has 0 spiro atoms. The summed E-state index contributed by atoms with van der Waals surface area (Å²) < 4.78 is 15.7. The number of carbonyl (C=O) groups excluding carboxylic acids is 6. The number of ether oxygens (including phenoxy) is 3. The van der Waals surface area contributed by atoms with Gasteiger partial charge in [0.05, 0.1) is 25.3 Å². The molecule has 0 aliphatic heterocycles. The molecule has 16 heteroatoms. The van der Waals surface area contributed by atoms with Gasteiger partial charge < -0.3 is 35.9 Å². The van der Waals surface area contributed by atoms with Gasteiger partial charge in [-0.2, -0.15) is 0 Å². The molecule has 0 aromatic carbocycles. The average Bonchev–Trinajstić information content (AvgIpc) is 2.79. The fourth-order valence-corrected chi connectivity index (χ4v) is 3.25. The summed E-state index contributed by atoms with van der Waals surface area (Å²) in [7, 11) is 0. The van der Waals surface area contributed by atoms with Gasteiger partial charge in [-0.05, 0) is 74.3 Å². The van der Waals surface area contributed by atoms with Gasteiger partial charge in [0.1, 0.15) is 28.9 Å². The van der Waals surface area contributed by atoms with Crippen molar-refractivity contribution in [2.75, 3.05) is 13.1 Å². The highest BCUT2D eigenvalue weighted by atomic mass is 16.6. The van der Waals surface area contributed by atoms with Crippen molar-refractivity contribution >= 4 is 35.6 Å². The zero-order valence-electron chi connectivity index (χ0n) is 26.6. The number of rotatable bonds is 15. The fraction of sp³-hybridized carbons (Fsp3) is 0.778. The second-order valence-corrected chi connectivity index (χ2v) is 12.7. The van der Waals surface area contributed by atoms with Gasteiger partial charge >= 0.3 is 17.9 Å². The van der Waals surface area contributed by atoms with Crippen molar-refractivity contribution in [1.82, 2.24) is 16.0 Å². The molecule has 3 amide bonds. The first-order valence-corrected chi connectivity index (χ1v) is 13.8. The van der Waals surface area contributed by atoms with E-state index in [2.05, 4.69) is 26.0 Å². The fourth-order valence-electron chi connectivity index (χ4n) is 3.25. The van der Waals surface area contributed by atoms with Crippen molar-refractivity contribution in [3.05, 3.63) is 10.4 Å². The van der Waals surface area contributed by atoms with Crippen LogP contribution < -0.4 is 21.7 Å². The van der Waals surface area contributed by atoms with Gasteiger partial charge in [0.25, 0.3) is 0 Å². The Bertz CT molecular complexity index is 1050. The molecule has 0 heterocycles. The maximum Gasteiger partial charge on any atom is 0.308 e. The summed E-state index contributed by atoms with van der Waals surface area (Å²) >= 11 is 0. The zero-order valence-corrected chi connectivity index (χ0v) is 26.6. The molecule has 0 saturated carbocycles. The van der Waals surface area contributed by atoms with Crippen molar-refractivity contribution in [1.29, 1.82) is 0 Å². The number of hydrogen-bond acceptors (Lipinski definition) is 11. The third-order valence-corrected chi connectivity index (χ3v) is 4.79. The van der Waals surface area contributed by atoms with E-state index in [0.717, 1.165) is 0 Å². The van der Waals surface area contributed by atoms with Crippen LogP contribution in [0.5, 0.6) is 0 Å². The molecular formula is C27H47N7O9. The summed E-state index contributed by atoms with van der Waals surface area (Å²) in [5.74, 6) is -5.10. The quantitative estimate of drug-likeness (QED) is 0.0515. The summed E-state index contributed by atoms with van der Waals surface area (Å²) in [5.41, 5.74) is 11.6. The van der Waals surface area contributed by atoms with E-state index in [9.17, 15) is 28.8 Å². The van der Waals surface area contributed by atoms with Crippen LogP contribution in [0.25, 0.3) is 10.4 Å². The molecule has 16 nitrogen and oxygen atoms in total. The van der Waals surface area contributed by atoms with Crippen molar-refractivity contribution in [3.63, 3.8) is 0 Å². The monoisotopic (exact) mass is 613 g/mol. The molecule has 5 N–H and O–H groups in total. The van der Waals surface area contributed by atoms with E-state index in [0.29, 0.717) is 0 Å². The minimum atomic E-state index is -1.59. The smallest absolute Gasteiger partial charge is 0.308 e. The minimum Gasteiger partial charge on any atom is -0.460 e. The Kier molecular flexibility index (Phi) is 15.7. The van der Waals surface area contributed by atoms with E-state index >= 15 is 0 Å². The second-order valence-electron chi connectivity index (χ2n) is 12.7. The molecule has 0 rings (SSSR count). The van der Waals surface area contributed by atoms with E-state index < -0.39 is 89.8 Å². The summed E-state index contributed by atoms with van der Waals surface area (Å²) in [5, 5.41) is 10.6. The van der Waals surface area contributed by atoms with Gasteiger partial charge in [-0.3, -0.25) is 28.8 Å². The average molecular weight is 614 g/mol. The number of amides is 3. The third kappa shape index (κ3) is 19.8. The number of hydrogen-bond donors (Lipinski definition) is 4. The first-order valence-electron chi connectivity index (χ1n) is 13.8. The summed E-state index contributed by atoms with van der Waals surface area (Å²) in [6.07, 6.45) is -1.45. The Balaban J connectivity index is 5.93. The molecule has 3 unspecified atom stereocenters. The lowest BCUT2D eigenvalue weighted by atomic mass is 10.1. The zero-order chi connectivity index (χ0) is 33.6. The van der Waals surface area contributed by atoms with Gasteiger partial charge in [-0.1, -0.05) is 5.11 Å². The predicted octanol–water partition coefficient (Wildman–Crippen LogP) is 1.30. The molecule has 0 aromatic heterocycles. The van der Waals surface area contributed by atoms with Crippen LogP contribution >= 0.6 is 0 Å². The van der Waals surface area contributed by atoms with E-state index in [1.54, 1.807) is 62.3 Å². The normalized spacial score (nSPS) is 13.7. The molecule has 3 atom stereocenters. The van der Waals surface area contributed by atoms with Crippen LogP contribution in [0, 0.1) is 0 Å². The largest absolute Gasteiger partial charge is 0.460 e. The Morgan fingerprint density at radius 3 is 1.51 bits per heavy atom. The highest BCUT2D eigenvalue weighted by Gasteiger charge is 2.33. The Morgan fingerprint density at radius 2 is 1.09 bits per heavy atom. The molecule has 244 valence electrons. The Labute approximate surface area is 252 Å². The van der Waals surface area contributed by atoms with E-state index in [-0.39, 0.29) is 19.5 Å². The number of carbonyl (C=O) groups is 6. The van der Waals surface area contributed by atoms with Crippen molar-refractivity contribution in [2.24, 2.45) is 10.8 Å². The summed E-state index contributed by atoms with van der Waals surface area (Å²) in [4.78, 5) is 79.0. The molecule has 0 aromatic rings. The standard InChI is InChI=1S/C27H47N7O9/c1-25(2,3)41-19(35)13-16(28)22(38)32-18(15-21(37)43-27(7,8)9)24(40)33-17(14-20(36)42-26(4,5)6)23(39)30-11-10-12-31-34-29/h16-18H,10-15,28H2,1-9H3,(H,30,39)(H,32,38)(H,33,40). The Morgan fingerprint density at radius 1 is 0.698 bits per heavy atom. The maximum atomic E-state index is 13.4. The van der Waals surface area contributed by atoms with Crippen LogP contribution in [-0.4, -0.2) is 83.6 Å². The topological polar surface area (TPSA) is 241 Å². The van der Waals surface area contributed by atoms with Gasteiger partial charge in [-0.15, -0.1) is 0 Å². The van der Waals surface area contributed by atoms with E-state index in [1.165, 1.54) is 0 Å². The molecule has 0 fully saturated rings. The molecule has 0 aliphatic carbocycles. The highest BCUT2D eigenvalue weighted by Crippen LogP contribution is 2.13. The molecule has 0 radical (unpaired) electrons. The predicted molar refractivity (Wildman–Crippen MR) is 155 cm³/mol. The summed E-state index contributed by atoms with van der Waals surface area (Å²) in [6, 6.07) is -4.48.